The summed E-state index contributed by atoms with van der Waals surface area (Å²) < 4.78 is 0. The van der Waals surface area contributed by atoms with Gasteiger partial charge in [-0.25, -0.2) is 0 Å². The number of rotatable bonds is 1. The molecule has 0 radical (unpaired) electrons. The van der Waals surface area contributed by atoms with Crippen LogP contribution in [-0.2, 0) is 0 Å². The summed E-state index contributed by atoms with van der Waals surface area (Å²) in [6.45, 7) is 1.67. The van der Waals surface area contributed by atoms with E-state index in [2.05, 4.69) is 5.16 Å². The monoisotopic (exact) mass is 203 g/mol. The van der Waals surface area contributed by atoms with Crippen molar-refractivity contribution in [3.8, 4) is 0 Å². The van der Waals surface area contributed by atoms with Gasteiger partial charge >= 0.3 is 0 Å². The molecule has 0 fully saturated rings. The quantitative estimate of drug-likeness (QED) is 0.425. The van der Waals surface area contributed by atoms with Crippen molar-refractivity contribution in [3.05, 3.63) is 33.8 Å². The highest BCUT2D eigenvalue weighted by molar-refractivity contribution is 6.35. The van der Waals surface area contributed by atoms with Gasteiger partial charge in [0, 0.05) is 15.6 Å². The molecule has 0 amide bonds. The first kappa shape index (κ1) is 9.36. The molecular formula is C8H7Cl2NO. The van der Waals surface area contributed by atoms with Gasteiger partial charge in [-0.3, -0.25) is 0 Å². The van der Waals surface area contributed by atoms with Crippen LogP contribution in [0.1, 0.15) is 12.5 Å². The molecular weight excluding hydrogens is 197 g/mol. The molecule has 0 spiro atoms. The third kappa shape index (κ3) is 2.13. The van der Waals surface area contributed by atoms with Crippen molar-refractivity contribution in [2.75, 3.05) is 0 Å². The summed E-state index contributed by atoms with van der Waals surface area (Å²) in [4.78, 5) is 0. The lowest BCUT2D eigenvalue weighted by molar-refractivity contribution is 0.319. The van der Waals surface area contributed by atoms with Crippen molar-refractivity contribution in [3.63, 3.8) is 0 Å². The maximum atomic E-state index is 8.47. The topological polar surface area (TPSA) is 32.6 Å². The molecule has 1 aromatic rings. The minimum atomic E-state index is 0.486. The Morgan fingerprint density at radius 2 is 1.75 bits per heavy atom. The lowest BCUT2D eigenvalue weighted by atomic mass is 10.1. The molecule has 64 valence electrons. The molecule has 0 aliphatic heterocycles. The first-order valence-corrected chi connectivity index (χ1v) is 4.04. The Kier molecular flexibility index (Phi) is 2.95. The highest BCUT2D eigenvalue weighted by Crippen LogP contribution is 2.19. The lowest BCUT2D eigenvalue weighted by Gasteiger charge is -1.99. The Hall–Kier alpha value is -0.730. The normalized spacial score (nSPS) is 11.8. The predicted octanol–water partition coefficient (Wildman–Crippen LogP) is 3.19. The summed E-state index contributed by atoms with van der Waals surface area (Å²) in [5, 5.41) is 12.6. The number of oxime groups is 1. The van der Waals surface area contributed by atoms with Crippen molar-refractivity contribution in [2.45, 2.75) is 6.92 Å². The Balaban J connectivity index is 3.17. The second kappa shape index (κ2) is 3.78. The molecule has 0 unspecified atom stereocenters. The van der Waals surface area contributed by atoms with Gasteiger partial charge in [-0.1, -0.05) is 28.4 Å². The summed E-state index contributed by atoms with van der Waals surface area (Å²) in [6.07, 6.45) is 0. The van der Waals surface area contributed by atoms with Crippen molar-refractivity contribution < 1.29 is 5.21 Å². The van der Waals surface area contributed by atoms with Crippen LogP contribution in [0.2, 0.25) is 10.0 Å². The first-order chi connectivity index (χ1) is 5.63. The largest absolute Gasteiger partial charge is 0.411 e. The maximum Gasteiger partial charge on any atom is 0.0837 e. The van der Waals surface area contributed by atoms with Gasteiger partial charge in [0.15, 0.2) is 0 Å². The molecule has 0 bridgehead atoms. The van der Waals surface area contributed by atoms with E-state index >= 15 is 0 Å². The zero-order valence-corrected chi connectivity index (χ0v) is 7.89. The van der Waals surface area contributed by atoms with E-state index in [0.717, 1.165) is 5.56 Å². The Morgan fingerprint density at radius 3 is 2.17 bits per heavy atom. The molecule has 0 aliphatic carbocycles. The van der Waals surface area contributed by atoms with Gasteiger partial charge in [0.2, 0.25) is 0 Å². The van der Waals surface area contributed by atoms with E-state index in [-0.39, 0.29) is 0 Å². The minimum absolute atomic E-state index is 0.486. The third-order valence-corrected chi connectivity index (χ3v) is 1.87. The van der Waals surface area contributed by atoms with Gasteiger partial charge in [-0.2, -0.15) is 0 Å². The molecule has 12 heavy (non-hydrogen) atoms. The summed E-state index contributed by atoms with van der Waals surface area (Å²) in [5.74, 6) is 0. The predicted molar refractivity (Wildman–Crippen MR) is 50.5 cm³/mol. The van der Waals surface area contributed by atoms with Crippen molar-refractivity contribution in [1.82, 2.24) is 0 Å². The standard InChI is InChI=1S/C8H7Cl2NO/c1-5(11-12)6-2-7(9)4-8(10)3-6/h2-4,12H,1H3/b11-5+. The zero-order valence-electron chi connectivity index (χ0n) is 6.38. The molecule has 0 aromatic heterocycles. The van der Waals surface area contributed by atoms with Crippen LogP contribution in [0.5, 0.6) is 0 Å². The molecule has 0 saturated carbocycles. The van der Waals surface area contributed by atoms with E-state index in [1.807, 2.05) is 0 Å². The fourth-order valence-corrected chi connectivity index (χ4v) is 1.35. The van der Waals surface area contributed by atoms with E-state index in [0.29, 0.717) is 15.8 Å². The second-order valence-electron chi connectivity index (χ2n) is 2.34. The molecule has 2 nitrogen and oxygen atoms in total. The lowest BCUT2D eigenvalue weighted by Crippen LogP contribution is -1.93. The molecule has 0 saturated heterocycles. The van der Waals surface area contributed by atoms with E-state index in [9.17, 15) is 0 Å². The van der Waals surface area contributed by atoms with Crippen LogP contribution in [0.4, 0.5) is 0 Å². The van der Waals surface area contributed by atoms with Gasteiger partial charge < -0.3 is 5.21 Å². The van der Waals surface area contributed by atoms with Gasteiger partial charge in [0.05, 0.1) is 5.71 Å². The average molecular weight is 204 g/mol. The minimum Gasteiger partial charge on any atom is -0.411 e. The second-order valence-corrected chi connectivity index (χ2v) is 3.22. The summed E-state index contributed by atoms with van der Waals surface area (Å²) in [6, 6.07) is 4.99. The first-order valence-electron chi connectivity index (χ1n) is 3.28. The van der Waals surface area contributed by atoms with Crippen LogP contribution in [0.15, 0.2) is 23.4 Å². The van der Waals surface area contributed by atoms with Crippen molar-refractivity contribution >= 4 is 28.9 Å². The summed E-state index contributed by atoms with van der Waals surface area (Å²) in [7, 11) is 0. The molecule has 1 rings (SSSR count). The zero-order chi connectivity index (χ0) is 9.14. The molecule has 0 aliphatic rings. The Morgan fingerprint density at radius 1 is 1.25 bits per heavy atom. The summed E-state index contributed by atoms with van der Waals surface area (Å²) >= 11 is 11.5. The Bertz CT molecular complexity index is 303. The third-order valence-electron chi connectivity index (χ3n) is 1.43. The molecule has 1 aromatic carbocycles. The fourth-order valence-electron chi connectivity index (χ4n) is 0.820. The number of nitrogens with zero attached hydrogens (tertiary/aromatic N) is 1. The Labute approximate surface area is 80.4 Å². The van der Waals surface area contributed by atoms with Crippen molar-refractivity contribution in [1.29, 1.82) is 0 Å². The highest BCUT2D eigenvalue weighted by Gasteiger charge is 2.00. The van der Waals surface area contributed by atoms with E-state index < -0.39 is 0 Å². The van der Waals surface area contributed by atoms with Crippen LogP contribution in [0.3, 0.4) is 0 Å². The molecule has 0 heterocycles. The van der Waals surface area contributed by atoms with Crippen LogP contribution in [-0.4, -0.2) is 10.9 Å². The molecule has 4 heteroatoms. The van der Waals surface area contributed by atoms with Gasteiger partial charge in [-0.15, -0.1) is 0 Å². The van der Waals surface area contributed by atoms with Crippen LogP contribution in [0.25, 0.3) is 0 Å². The smallest absolute Gasteiger partial charge is 0.0837 e. The summed E-state index contributed by atoms with van der Waals surface area (Å²) in [5.41, 5.74) is 1.20. The number of hydrogen-bond acceptors (Lipinski definition) is 2. The SMILES string of the molecule is C/C(=N\O)c1cc(Cl)cc(Cl)c1. The van der Waals surface area contributed by atoms with E-state index in [1.165, 1.54) is 0 Å². The number of hydrogen-bond donors (Lipinski definition) is 1. The molecule has 1 N–H and O–H groups in total. The number of benzene rings is 1. The van der Waals surface area contributed by atoms with Crippen LogP contribution >= 0.6 is 23.2 Å². The van der Waals surface area contributed by atoms with Gasteiger partial charge in [-0.05, 0) is 25.1 Å². The van der Waals surface area contributed by atoms with Crippen LogP contribution in [0, 0.1) is 0 Å². The average Bonchev–Trinajstić information content (AvgIpc) is 2.01. The maximum absolute atomic E-state index is 8.47. The van der Waals surface area contributed by atoms with E-state index in [1.54, 1.807) is 25.1 Å². The van der Waals surface area contributed by atoms with Gasteiger partial charge in [0.25, 0.3) is 0 Å². The number of halogens is 2. The van der Waals surface area contributed by atoms with Crippen molar-refractivity contribution in [2.24, 2.45) is 5.16 Å². The van der Waals surface area contributed by atoms with Gasteiger partial charge in [0.1, 0.15) is 0 Å². The fraction of sp³-hybridized carbons (Fsp3) is 0.125. The van der Waals surface area contributed by atoms with Crippen LogP contribution < -0.4 is 0 Å². The van der Waals surface area contributed by atoms with E-state index in [4.69, 9.17) is 28.4 Å². The molecule has 0 atom stereocenters. The highest BCUT2D eigenvalue weighted by atomic mass is 35.5.